The highest BCUT2D eigenvalue weighted by Crippen LogP contribution is 2.38. The first-order chi connectivity index (χ1) is 6.92. The second kappa shape index (κ2) is 4.20. The predicted octanol–water partition coefficient (Wildman–Crippen LogP) is 2.40. The highest BCUT2D eigenvalue weighted by molar-refractivity contribution is 5.22. The number of ether oxygens (including phenoxy) is 1. The van der Waals surface area contributed by atoms with Crippen molar-refractivity contribution in [3.05, 3.63) is 35.9 Å². The maximum Gasteiger partial charge on any atom is 0.362 e. The van der Waals surface area contributed by atoms with Crippen LogP contribution in [0.4, 0.5) is 13.2 Å². The van der Waals surface area contributed by atoms with Gasteiger partial charge in [-0.3, -0.25) is 5.73 Å². The first-order valence-corrected chi connectivity index (χ1v) is 4.47. The van der Waals surface area contributed by atoms with E-state index in [0.717, 1.165) is 0 Å². The Kier molecular flexibility index (Phi) is 3.36. The van der Waals surface area contributed by atoms with Crippen LogP contribution in [0, 0.1) is 0 Å². The van der Waals surface area contributed by atoms with E-state index in [0.29, 0.717) is 0 Å². The Labute approximate surface area is 85.8 Å². The largest absolute Gasteiger partial charge is 0.362 e. The normalized spacial score (nSPS) is 16.1. The summed E-state index contributed by atoms with van der Waals surface area (Å²) < 4.78 is 44.2. The van der Waals surface area contributed by atoms with Gasteiger partial charge in [0.15, 0.2) is 0 Å². The molecule has 84 valence electrons. The molecule has 1 rings (SSSR count). The summed E-state index contributed by atoms with van der Waals surface area (Å²) in [5.41, 5.74) is 4.21. The third kappa shape index (κ3) is 2.30. The molecular weight excluding hydrogens is 207 g/mol. The Balaban J connectivity index is 3.13. The number of hydrogen-bond acceptors (Lipinski definition) is 2. The van der Waals surface area contributed by atoms with Crippen LogP contribution in [0.2, 0.25) is 0 Å². The van der Waals surface area contributed by atoms with Crippen LogP contribution in [0.1, 0.15) is 12.5 Å². The standard InChI is InChI=1S/C10H12F3NO/c1-2-15-9(11,10(12,13)14)8-6-4-3-5-7-8/h3-7H,2,14H2,1H3. The number of hydrogen-bond donors (Lipinski definition) is 1. The Bertz CT molecular complexity index is 312. The molecule has 0 saturated carbocycles. The molecule has 0 amide bonds. The third-order valence-electron chi connectivity index (χ3n) is 1.92. The van der Waals surface area contributed by atoms with Crippen molar-refractivity contribution in [1.82, 2.24) is 0 Å². The predicted molar refractivity (Wildman–Crippen MR) is 50.0 cm³/mol. The lowest BCUT2D eigenvalue weighted by atomic mass is 10.1. The number of alkyl halides is 3. The second-order valence-electron chi connectivity index (χ2n) is 3.02. The Morgan fingerprint density at radius 2 is 1.73 bits per heavy atom. The van der Waals surface area contributed by atoms with E-state index in [9.17, 15) is 13.2 Å². The number of benzene rings is 1. The zero-order valence-electron chi connectivity index (χ0n) is 8.21. The van der Waals surface area contributed by atoms with Crippen LogP contribution in [0.15, 0.2) is 30.3 Å². The van der Waals surface area contributed by atoms with Crippen molar-refractivity contribution in [2.75, 3.05) is 6.61 Å². The summed E-state index contributed by atoms with van der Waals surface area (Å²) in [5.74, 6) is -3.27. The maximum absolute atomic E-state index is 13.9. The molecule has 1 unspecified atom stereocenters. The van der Waals surface area contributed by atoms with Crippen LogP contribution in [0.25, 0.3) is 0 Å². The summed E-state index contributed by atoms with van der Waals surface area (Å²) in [7, 11) is 0. The van der Waals surface area contributed by atoms with Crippen LogP contribution in [0.5, 0.6) is 0 Å². The van der Waals surface area contributed by atoms with E-state index in [4.69, 9.17) is 0 Å². The monoisotopic (exact) mass is 219 g/mol. The lowest BCUT2D eigenvalue weighted by molar-refractivity contribution is -0.283. The summed E-state index contributed by atoms with van der Waals surface area (Å²) in [5, 5.41) is 0. The molecule has 1 aromatic rings. The molecule has 0 spiro atoms. The van der Waals surface area contributed by atoms with Crippen molar-refractivity contribution >= 4 is 0 Å². The van der Waals surface area contributed by atoms with E-state index in [1.54, 1.807) is 6.07 Å². The first kappa shape index (κ1) is 12.0. The van der Waals surface area contributed by atoms with E-state index < -0.39 is 11.9 Å². The van der Waals surface area contributed by atoms with Gasteiger partial charge in [-0.25, -0.2) is 0 Å². The van der Waals surface area contributed by atoms with Crippen molar-refractivity contribution in [3.8, 4) is 0 Å². The molecular formula is C10H12F3NO. The second-order valence-corrected chi connectivity index (χ2v) is 3.02. The molecule has 0 aliphatic carbocycles. The Morgan fingerprint density at radius 1 is 1.20 bits per heavy atom. The number of rotatable bonds is 4. The molecule has 0 saturated heterocycles. The van der Waals surface area contributed by atoms with E-state index in [1.165, 1.54) is 31.2 Å². The molecule has 0 aromatic heterocycles. The minimum Gasteiger partial charge on any atom is -0.337 e. The summed E-state index contributed by atoms with van der Waals surface area (Å²) in [6.07, 6.45) is 0. The zero-order chi connectivity index (χ0) is 11.5. The van der Waals surface area contributed by atoms with Crippen LogP contribution in [-0.4, -0.2) is 12.7 Å². The van der Waals surface area contributed by atoms with E-state index in [2.05, 4.69) is 10.5 Å². The minimum absolute atomic E-state index is 0.196. The van der Waals surface area contributed by atoms with Gasteiger partial charge in [-0.2, -0.15) is 13.2 Å². The topological polar surface area (TPSA) is 35.2 Å². The van der Waals surface area contributed by atoms with Crippen molar-refractivity contribution in [2.24, 2.45) is 5.73 Å². The van der Waals surface area contributed by atoms with Gasteiger partial charge < -0.3 is 4.74 Å². The number of halogens is 3. The fourth-order valence-corrected chi connectivity index (χ4v) is 1.22. The van der Waals surface area contributed by atoms with Crippen LogP contribution >= 0.6 is 0 Å². The van der Waals surface area contributed by atoms with Crippen LogP contribution < -0.4 is 5.73 Å². The highest BCUT2D eigenvalue weighted by atomic mass is 19.3. The zero-order valence-corrected chi connectivity index (χ0v) is 8.21. The Hall–Kier alpha value is -1.07. The van der Waals surface area contributed by atoms with E-state index in [-0.39, 0.29) is 12.2 Å². The average molecular weight is 219 g/mol. The van der Waals surface area contributed by atoms with E-state index >= 15 is 0 Å². The number of nitrogens with two attached hydrogens (primary N) is 1. The smallest absolute Gasteiger partial charge is 0.337 e. The molecule has 0 bridgehead atoms. The molecule has 0 aliphatic rings. The fourth-order valence-electron chi connectivity index (χ4n) is 1.22. The van der Waals surface area contributed by atoms with Crippen molar-refractivity contribution in [1.29, 1.82) is 0 Å². The van der Waals surface area contributed by atoms with Crippen molar-refractivity contribution < 1.29 is 17.9 Å². The molecule has 0 fully saturated rings. The van der Waals surface area contributed by atoms with Gasteiger partial charge in [-0.15, -0.1) is 0 Å². The van der Waals surface area contributed by atoms with Gasteiger partial charge in [0.25, 0.3) is 0 Å². The summed E-state index contributed by atoms with van der Waals surface area (Å²) >= 11 is 0. The lowest BCUT2D eigenvalue weighted by Gasteiger charge is -2.30. The third-order valence-corrected chi connectivity index (χ3v) is 1.92. The van der Waals surface area contributed by atoms with Gasteiger partial charge >= 0.3 is 11.9 Å². The summed E-state index contributed by atoms with van der Waals surface area (Å²) in [6, 6.07) is 2.80. The van der Waals surface area contributed by atoms with Gasteiger partial charge in [-0.05, 0) is 6.92 Å². The van der Waals surface area contributed by atoms with Gasteiger partial charge in [0.1, 0.15) is 0 Å². The first-order valence-electron chi connectivity index (χ1n) is 4.47. The van der Waals surface area contributed by atoms with Gasteiger partial charge in [0.05, 0.1) is 0 Å². The molecule has 2 N–H and O–H groups in total. The van der Waals surface area contributed by atoms with Crippen LogP contribution in [-0.2, 0) is 10.6 Å². The maximum atomic E-state index is 13.9. The summed E-state index contributed by atoms with van der Waals surface area (Å²) in [4.78, 5) is 0. The molecule has 1 aromatic carbocycles. The summed E-state index contributed by atoms with van der Waals surface area (Å²) in [6.45, 7) is 1.22. The fraction of sp³-hybridized carbons (Fsp3) is 0.400. The molecule has 0 heterocycles. The van der Waals surface area contributed by atoms with Crippen molar-refractivity contribution in [2.45, 2.75) is 18.8 Å². The SMILES string of the molecule is CCOC(F)(c1ccccc1)C(N)(F)F. The molecule has 15 heavy (non-hydrogen) atoms. The molecule has 0 radical (unpaired) electrons. The molecule has 1 atom stereocenters. The van der Waals surface area contributed by atoms with Gasteiger partial charge in [0.2, 0.25) is 0 Å². The quantitative estimate of drug-likeness (QED) is 0.789. The average Bonchev–Trinajstić information content (AvgIpc) is 2.18. The van der Waals surface area contributed by atoms with Crippen molar-refractivity contribution in [3.63, 3.8) is 0 Å². The lowest BCUT2D eigenvalue weighted by Crippen LogP contribution is -2.50. The molecule has 0 aliphatic heterocycles. The van der Waals surface area contributed by atoms with Gasteiger partial charge in [0, 0.05) is 12.2 Å². The highest BCUT2D eigenvalue weighted by Gasteiger charge is 2.54. The van der Waals surface area contributed by atoms with Crippen LogP contribution in [0.3, 0.4) is 0 Å². The van der Waals surface area contributed by atoms with E-state index in [1.807, 2.05) is 0 Å². The molecule has 5 heteroatoms. The minimum atomic E-state index is -4.08. The Morgan fingerprint density at radius 3 is 2.13 bits per heavy atom. The van der Waals surface area contributed by atoms with Gasteiger partial charge in [-0.1, -0.05) is 30.3 Å². The molecule has 2 nitrogen and oxygen atoms in total.